The summed E-state index contributed by atoms with van der Waals surface area (Å²) in [6, 6.07) is 17.8. The first-order valence-corrected chi connectivity index (χ1v) is 8.19. The van der Waals surface area contributed by atoms with E-state index in [0.717, 1.165) is 27.0 Å². The average Bonchev–Trinajstić information content (AvgIpc) is 3.06. The van der Waals surface area contributed by atoms with E-state index in [9.17, 15) is 4.79 Å². The van der Waals surface area contributed by atoms with Gasteiger partial charge >= 0.3 is 0 Å². The lowest BCUT2D eigenvalue weighted by Crippen LogP contribution is -2.14. The molecule has 0 unspecified atom stereocenters. The van der Waals surface area contributed by atoms with E-state index in [1.54, 1.807) is 0 Å². The molecule has 0 aliphatic heterocycles. The summed E-state index contributed by atoms with van der Waals surface area (Å²) in [5.41, 5.74) is 3.99. The van der Waals surface area contributed by atoms with E-state index in [-0.39, 0.29) is 5.91 Å². The summed E-state index contributed by atoms with van der Waals surface area (Å²) in [6.07, 6.45) is 4.36. The minimum atomic E-state index is -0.0135. The highest BCUT2D eigenvalue weighted by molar-refractivity contribution is 9.10. The lowest BCUT2D eigenvalue weighted by Gasteiger charge is -2.08. The molecule has 2 aromatic carbocycles. The van der Waals surface area contributed by atoms with Crippen molar-refractivity contribution in [1.29, 1.82) is 0 Å². The van der Waals surface area contributed by atoms with Gasteiger partial charge in [0.05, 0.1) is 6.42 Å². The Morgan fingerprint density at radius 1 is 1.09 bits per heavy atom. The maximum atomic E-state index is 12.2. The first kappa shape index (κ1) is 15.6. The van der Waals surface area contributed by atoms with Crippen LogP contribution in [0.5, 0.6) is 0 Å². The van der Waals surface area contributed by atoms with Crippen molar-refractivity contribution in [2.45, 2.75) is 13.3 Å². The van der Waals surface area contributed by atoms with E-state index in [0.29, 0.717) is 6.42 Å². The summed E-state index contributed by atoms with van der Waals surface area (Å²) in [6.45, 7) is 2.00. The van der Waals surface area contributed by atoms with Crippen LogP contribution in [0.25, 0.3) is 5.69 Å². The molecule has 0 aliphatic rings. The monoisotopic (exact) mass is 368 g/mol. The number of hydrogen-bond acceptors (Lipinski definition) is 1. The predicted molar refractivity (Wildman–Crippen MR) is 97.0 cm³/mol. The van der Waals surface area contributed by atoms with Crippen molar-refractivity contribution in [2.24, 2.45) is 0 Å². The fourth-order valence-corrected chi connectivity index (χ4v) is 2.65. The van der Waals surface area contributed by atoms with Gasteiger partial charge < -0.3 is 9.88 Å². The van der Waals surface area contributed by atoms with Gasteiger partial charge in [0.25, 0.3) is 0 Å². The number of aromatic nitrogens is 1. The van der Waals surface area contributed by atoms with Gasteiger partial charge in [0, 0.05) is 28.2 Å². The number of halogens is 1. The van der Waals surface area contributed by atoms with Crippen molar-refractivity contribution in [3.05, 3.63) is 82.6 Å². The molecule has 1 N–H and O–H groups in total. The highest BCUT2D eigenvalue weighted by Crippen LogP contribution is 2.20. The van der Waals surface area contributed by atoms with Gasteiger partial charge in [-0.25, -0.2) is 0 Å². The van der Waals surface area contributed by atoms with Crippen molar-refractivity contribution in [1.82, 2.24) is 4.57 Å². The number of nitrogens with one attached hydrogen (secondary N) is 1. The number of carbonyl (C=O) groups excluding carboxylic acids is 1. The molecule has 1 amide bonds. The van der Waals surface area contributed by atoms with Crippen LogP contribution in [0.3, 0.4) is 0 Å². The van der Waals surface area contributed by atoms with E-state index in [1.165, 1.54) is 0 Å². The van der Waals surface area contributed by atoms with Crippen LogP contribution >= 0.6 is 15.9 Å². The zero-order chi connectivity index (χ0) is 16.2. The third-order valence-electron chi connectivity index (χ3n) is 3.65. The maximum Gasteiger partial charge on any atom is 0.228 e. The van der Waals surface area contributed by atoms with Gasteiger partial charge in [-0.1, -0.05) is 28.1 Å². The number of rotatable bonds is 4. The van der Waals surface area contributed by atoms with E-state index >= 15 is 0 Å². The second kappa shape index (κ2) is 6.84. The Labute approximate surface area is 144 Å². The molecule has 3 aromatic rings. The van der Waals surface area contributed by atoms with Gasteiger partial charge in [0.1, 0.15) is 0 Å². The molecule has 3 nitrogen and oxygen atoms in total. The van der Waals surface area contributed by atoms with Gasteiger partial charge in [0.15, 0.2) is 0 Å². The number of nitrogens with zero attached hydrogens (tertiary/aromatic N) is 1. The van der Waals surface area contributed by atoms with Gasteiger partial charge in [0.2, 0.25) is 5.91 Å². The van der Waals surface area contributed by atoms with Crippen molar-refractivity contribution in [3.63, 3.8) is 0 Å². The summed E-state index contributed by atoms with van der Waals surface area (Å²) in [5.74, 6) is -0.0135. The molecule has 1 aromatic heterocycles. The summed E-state index contributed by atoms with van der Waals surface area (Å²) in [4.78, 5) is 12.2. The first-order chi connectivity index (χ1) is 11.1. The summed E-state index contributed by atoms with van der Waals surface area (Å²) < 4.78 is 3.07. The Balaban J connectivity index is 1.64. The molecule has 23 heavy (non-hydrogen) atoms. The number of hydrogen-bond donors (Lipinski definition) is 1. The Bertz CT molecular complexity index is 808. The van der Waals surface area contributed by atoms with E-state index in [2.05, 4.69) is 21.2 Å². The Hall–Kier alpha value is -2.33. The van der Waals surface area contributed by atoms with E-state index < -0.39 is 0 Å². The molecule has 4 heteroatoms. The lowest BCUT2D eigenvalue weighted by atomic mass is 10.1. The highest BCUT2D eigenvalue weighted by Gasteiger charge is 2.06. The first-order valence-electron chi connectivity index (χ1n) is 7.40. The van der Waals surface area contributed by atoms with Crippen LogP contribution < -0.4 is 5.32 Å². The van der Waals surface area contributed by atoms with Crippen LogP contribution in [-0.2, 0) is 11.2 Å². The Kier molecular flexibility index (Phi) is 4.63. The fourth-order valence-electron chi connectivity index (χ4n) is 2.41. The molecule has 1 heterocycles. The zero-order valence-corrected chi connectivity index (χ0v) is 14.4. The topological polar surface area (TPSA) is 34.0 Å². The van der Waals surface area contributed by atoms with Crippen LogP contribution in [0.2, 0.25) is 0 Å². The molecular weight excluding hydrogens is 352 g/mol. The van der Waals surface area contributed by atoms with E-state index in [1.807, 2.05) is 78.5 Å². The molecule has 0 saturated carbocycles. The smallest absolute Gasteiger partial charge is 0.228 e. The van der Waals surface area contributed by atoms with E-state index in [4.69, 9.17) is 0 Å². The Morgan fingerprint density at radius 3 is 2.43 bits per heavy atom. The molecule has 0 bridgehead atoms. The quantitative estimate of drug-likeness (QED) is 0.709. The average molecular weight is 369 g/mol. The second-order valence-corrected chi connectivity index (χ2v) is 6.30. The van der Waals surface area contributed by atoms with Gasteiger partial charge in [-0.2, -0.15) is 0 Å². The van der Waals surface area contributed by atoms with Gasteiger partial charge in [-0.15, -0.1) is 0 Å². The number of aryl methyl sites for hydroxylation is 1. The zero-order valence-electron chi connectivity index (χ0n) is 12.8. The summed E-state index contributed by atoms with van der Waals surface area (Å²) >= 11 is 3.46. The molecular formula is C19H17BrN2O. The molecule has 0 aliphatic carbocycles. The largest absolute Gasteiger partial charge is 0.326 e. The molecule has 3 rings (SSSR count). The van der Waals surface area contributed by atoms with Crippen LogP contribution in [0.4, 0.5) is 5.69 Å². The standard InChI is InChI=1S/C19H17BrN2O/c1-14-12-16(6-9-18(14)20)21-19(23)13-15-4-7-17(8-5-15)22-10-2-3-11-22/h2-12H,13H2,1H3,(H,21,23). The number of amides is 1. The third kappa shape index (κ3) is 3.90. The minimum Gasteiger partial charge on any atom is -0.326 e. The van der Waals surface area contributed by atoms with Crippen LogP contribution in [0.1, 0.15) is 11.1 Å². The number of benzene rings is 2. The summed E-state index contributed by atoms with van der Waals surface area (Å²) in [5, 5.41) is 2.94. The minimum absolute atomic E-state index is 0.0135. The third-order valence-corrected chi connectivity index (χ3v) is 4.54. The van der Waals surface area contributed by atoms with Crippen LogP contribution in [-0.4, -0.2) is 10.5 Å². The molecule has 0 radical (unpaired) electrons. The van der Waals surface area contributed by atoms with Crippen molar-refractivity contribution >= 4 is 27.5 Å². The molecule has 0 atom stereocenters. The highest BCUT2D eigenvalue weighted by atomic mass is 79.9. The molecule has 0 saturated heterocycles. The van der Waals surface area contributed by atoms with Crippen molar-refractivity contribution in [2.75, 3.05) is 5.32 Å². The van der Waals surface area contributed by atoms with Crippen LogP contribution in [0.15, 0.2) is 71.5 Å². The van der Waals surface area contributed by atoms with Gasteiger partial charge in [-0.3, -0.25) is 4.79 Å². The summed E-state index contributed by atoms with van der Waals surface area (Å²) in [7, 11) is 0. The number of carbonyl (C=O) groups is 1. The molecule has 116 valence electrons. The predicted octanol–water partition coefficient (Wildman–Crippen LogP) is 4.73. The van der Waals surface area contributed by atoms with Crippen LogP contribution in [0, 0.1) is 6.92 Å². The fraction of sp³-hybridized carbons (Fsp3) is 0.105. The number of anilines is 1. The Morgan fingerprint density at radius 2 is 1.78 bits per heavy atom. The van der Waals surface area contributed by atoms with Gasteiger partial charge in [-0.05, 0) is 60.5 Å². The normalized spacial score (nSPS) is 10.5. The van der Waals surface area contributed by atoms with Crippen molar-refractivity contribution in [3.8, 4) is 5.69 Å². The molecule has 0 spiro atoms. The lowest BCUT2D eigenvalue weighted by molar-refractivity contribution is -0.115. The maximum absolute atomic E-state index is 12.2. The molecule has 0 fully saturated rings. The second-order valence-electron chi connectivity index (χ2n) is 5.45. The van der Waals surface area contributed by atoms with Crippen molar-refractivity contribution < 1.29 is 4.79 Å². The SMILES string of the molecule is Cc1cc(NC(=O)Cc2ccc(-n3cccc3)cc2)ccc1Br.